The van der Waals surface area contributed by atoms with Gasteiger partial charge in [-0.05, 0) is 116 Å². The SMILES string of the molecule is CCCC/C=C\CCCCCCCC(=O)OC(COC(=O)CCCC/C=C\C/C=C\C/C=C\CCCCC)COC(=O)CCCC/C=C\C/C=C\C/C=C\CCCCC. The van der Waals surface area contributed by atoms with Gasteiger partial charge in [0.15, 0.2) is 6.10 Å². The van der Waals surface area contributed by atoms with Crippen molar-refractivity contribution in [3.63, 3.8) is 0 Å². The molecule has 336 valence electrons. The lowest BCUT2D eigenvalue weighted by Crippen LogP contribution is -2.30. The first kappa shape index (κ1) is 55.6. The summed E-state index contributed by atoms with van der Waals surface area (Å²) in [6, 6.07) is 0. The third-order valence-electron chi connectivity index (χ3n) is 9.84. The number of carbonyl (C=O) groups is 3. The molecule has 0 heterocycles. The molecule has 0 aromatic rings. The van der Waals surface area contributed by atoms with Gasteiger partial charge in [-0.1, -0.05) is 164 Å². The number of esters is 3. The number of rotatable bonds is 42. The van der Waals surface area contributed by atoms with Crippen molar-refractivity contribution in [3.8, 4) is 0 Å². The molecule has 0 aliphatic heterocycles. The molecule has 0 aliphatic rings. The molecule has 0 fully saturated rings. The number of hydrogen-bond donors (Lipinski definition) is 0. The van der Waals surface area contributed by atoms with E-state index in [1.807, 2.05) is 0 Å². The first-order valence-electron chi connectivity index (χ1n) is 24.1. The van der Waals surface area contributed by atoms with Crippen LogP contribution in [0.5, 0.6) is 0 Å². The summed E-state index contributed by atoms with van der Waals surface area (Å²) < 4.78 is 16.7. The Morgan fingerprint density at radius 2 is 0.627 bits per heavy atom. The monoisotopic (exact) mass is 821 g/mol. The number of hydrogen-bond acceptors (Lipinski definition) is 6. The summed E-state index contributed by atoms with van der Waals surface area (Å²) >= 11 is 0. The summed E-state index contributed by atoms with van der Waals surface area (Å²) in [5.41, 5.74) is 0. The van der Waals surface area contributed by atoms with Crippen molar-refractivity contribution < 1.29 is 28.6 Å². The van der Waals surface area contributed by atoms with E-state index in [1.165, 1.54) is 77.0 Å². The molecule has 0 atom stereocenters. The van der Waals surface area contributed by atoms with Crippen LogP contribution in [0.15, 0.2) is 85.1 Å². The number of unbranched alkanes of at least 4 members (excludes halogenated alkanes) is 17. The average Bonchev–Trinajstić information content (AvgIpc) is 3.23. The van der Waals surface area contributed by atoms with E-state index in [2.05, 4.69) is 106 Å². The molecule has 59 heavy (non-hydrogen) atoms. The van der Waals surface area contributed by atoms with Crippen LogP contribution in [-0.2, 0) is 28.6 Å². The van der Waals surface area contributed by atoms with Crippen molar-refractivity contribution in [1.82, 2.24) is 0 Å². The highest BCUT2D eigenvalue weighted by atomic mass is 16.6. The van der Waals surface area contributed by atoms with Gasteiger partial charge in [0.2, 0.25) is 0 Å². The minimum absolute atomic E-state index is 0.113. The molecule has 6 nitrogen and oxygen atoms in total. The number of carbonyl (C=O) groups excluding carboxylic acids is 3. The first-order chi connectivity index (χ1) is 29.0. The zero-order valence-corrected chi connectivity index (χ0v) is 38.2. The summed E-state index contributed by atoms with van der Waals surface area (Å²) in [6.45, 7) is 6.45. The van der Waals surface area contributed by atoms with Crippen LogP contribution in [0.25, 0.3) is 0 Å². The Hall–Kier alpha value is -3.41. The molecule has 0 saturated heterocycles. The van der Waals surface area contributed by atoms with Crippen LogP contribution in [0.4, 0.5) is 0 Å². The fourth-order valence-electron chi connectivity index (χ4n) is 6.14. The van der Waals surface area contributed by atoms with Gasteiger partial charge in [-0.3, -0.25) is 14.4 Å². The third-order valence-corrected chi connectivity index (χ3v) is 9.84. The molecular weight excluding hydrogens is 733 g/mol. The van der Waals surface area contributed by atoms with Gasteiger partial charge in [-0.15, -0.1) is 0 Å². The highest BCUT2D eigenvalue weighted by Crippen LogP contribution is 2.12. The largest absolute Gasteiger partial charge is 0.462 e. The molecule has 0 radical (unpaired) electrons. The van der Waals surface area contributed by atoms with Crippen molar-refractivity contribution in [2.24, 2.45) is 0 Å². The molecule has 0 aliphatic carbocycles. The van der Waals surface area contributed by atoms with Gasteiger partial charge in [-0.25, -0.2) is 0 Å². The van der Waals surface area contributed by atoms with Crippen molar-refractivity contribution in [3.05, 3.63) is 85.1 Å². The second kappa shape index (κ2) is 47.3. The second-order valence-electron chi connectivity index (χ2n) is 15.7. The summed E-state index contributed by atoms with van der Waals surface area (Å²) in [4.78, 5) is 37.8. The van der Waals surface area contributed by atoms with E-state index < -0.39 is 6.10 Å². The van der Waals surface area contributed by atoms with E-state index in [0.717, 1.165) is 96.3 Å². The molecular formula is C53H88O6. The summed E-state index contributed by atoms with van der Waals surface area (Å²) in [5.74, 6) is -1.00. The van der Waals surface area contributed by atoms with Gasteiger partial charge in [0, 0.05) is 19.3 Å². The van der Waals surface area contributed by atoms with E-state index in [4.69, 9.17) is 14.2 Å². The molecule has 0 aromatic carbocycles. The van der Waals surface area contributed by atoms with Crippen LogP contribution < -0.4 is 0 Å². The molecule has 0 N–H and O–H groups in total. The van der Waals surface area contributed by atoms with E-state index in [9.17, 15) is 14.4 Å². The number of allylic oxidation sites excluding steroid dienone is 14. The Kier molecular flexibility index (Phi) is 44.5. The van der Waals surface area contributed by atoms with Gasteiger partial charge in [0.25, 0.3) is 0 Å². The molecule has 0 rings (SSSR count). The van der Waals surface area contributed by atoms with E-state index in [1.54, 1.807) is 0 Å². The summed E-state index contributed by atoms with van der Waals surface area (Å²) in [5, 5.41) is 0. The molecule has 0 unspecified atom stereocenters. The normalized spacial score (nSPS) is 12.3. The van der Waals surface area contributed by atoms with Gasteiger partial charge in [0.05, 0.1) is 0 Å². The van der Waals surface area contributed by atoms with Gasteiger partial charge < -0.3 is 14.2 Å². The Labute approximate surface area is 363 Å². The van der Waals surface area contributed by atoms with Crippen LogP contribution in [0.1, 0.15) is 213 Å². The number of ether oxygens (including phenoxy) is 3. The maximum absolute atomic E-state index is 12.7. The van der Waals surface area contributed by atoms with Crippen LogP contribution in [-0.4, -0.2) is 37.2 Å². The van der Waals surface area contributed by atoms with Crippen LogP contribution >= 0.6 is 0 Å². The Balaban J connectivity index is 4.51. The molecule has 0 amide bonds. The van der Waals surface area contributed by atoms with Crippen molar-refractivity contribution in [2.45, 2.75) is 219 Å². The standard InChI is InChI=1S/C53H88O6/c1-4-7-10-13-16-19-22-24-26-28-31-33-36-39-42-45-51(54)57-48-50(59-53(56)47-44-41-38-35-30-21-18-15-12-9-6-3)49-58-52(55)46-43-40-37-34-32-29-27-25-23-20-17-14-11-8-5-2/h15-20,24-27,31-34,50H,4-14,21-23,28-30,35-49H2,1-3H3/b18-15-,19-16-,20-17-,26-24-,27-25-,33-31-,34-32-. The zero-order chi connectivity index (χ0) is 43.0. The molecule has 0 aromatic heterocycles. The van der Waals surface area contributed by atoms with E-state index in [0.29, 0.717) is 19.3 Å². The van der Waals surface area contributed by atoms with Crippen molar-refractivity contribution >= 4 is 17.9 Å². The van der Waals surface area contributed by atoms with Gasteiger partial charge in [-0.2, -0.15) is 0 Å². The maximum atomic E-state index is 12.7. The lowest BCUT2D eigenvalue weighted by molar-refractivity contribution is -0.167. The van der Waals surface area contributed by atoms with Crippen LogP contribution in [0.3, 0.4) is 0 Å². The fraction of sp³-hybridized carbons (Fsp3) is 0.679. The Bertz CT molecular complexity index is 1100. The predicted octanol–water partition coefficient (Wildman–Crippen LogP) is 15.6. The zero-order valence-electron chi connectivity index (χ0n) is 38.2. The minimum Gasteiger partial charge on any atom is -0.462 e. The van der Waals surface area contributed by atoms with Crippen molar-refractivity contribution in [1.29, 1.82) is 0 Å². The van der Waals surface area contributed by atoms with Crippen LogP contribution in [0, 0.1) is 0 Å². The summed E-state index contributed by atoms with van der Waals surface area (Å²) in [7, 11) is 0. The quantitative estimate of drug-likeness (QED) is 0.0264. The Morgan fingerprint density at radius 1 is 0.339 bits per heavy atom. The lowest BCUT2D eigenvalue weighted by atomic mass is 10.1. The molecule has 0 bridgehead atoms. The fourth-order valence-corrected chi connectivity index (χ4v) is 6.14. The Morgan fingerprint density at radius 3 is 1.05 bits per heavy atom. The topological polar surface area (TPSA) is 78.9 Å². The minimum atomic E-state index is -0.810. The molecule has 0 saturated carbocycles. The smallest absolute Gasteiger partial charge is 0.306 e. The first-order valence-corrected chi connectivity index (χ1v) is 24.1. The van der Waals surface area contributed by atoms with Crippen molar-refractivity contribution in [2.75, 3.05) is 13.2 Å². The average molecular weight is 821 g/mol. The maximum Gasteiger partial charge on any atom is 0.306 e. The highest BCUT2D eigenvalue weighted by Gasteiger charge is 2.19. The molecule has 0 spiro atoms. The summed E-state index contributed by atoms with van der Waals surface area (Å²) in [6.07, 6.45) is 59.9. The molecule has 6 heteroatoms. The van der Waals surface area contributed by atoms with E-state index >= 15 is 0 Å². The highest BCUT2D eigenvalue weighted by molar-refractivity contribution is 5.71. The van der Waals surface area contributed by atoms with Gasteiger partial charge >= 0.3 is 17.9 Å². The van der Waals surface area contributed by atoms with Crippen LogP contribution in [0.2, 0.25) is 0 Å². The lowest BCUT2D eigenvalue weighted by Gasteiger charge is -2.18. The predicted molar refractivity (Wildman–Crippen MR) is 251 cm³/mol. The van der Waals surface area contributed by atoms with E-state index in [-0.39, 0.29) is 31.1 Å². The van der Waals surface area contributed by atoms with Gasteiger partial charge in [0.1, 0.15) is 13.2 Å². The third kappa shape index (κ3) is 45.5. The second-order valence-corrected chi connectivity index (χ2v) is 15.7.